The summed E-state index contributed by atoms with van der Waals surface area (Å²) >= 11 is 1.84. The molecule has 1 nitrogen and oxygen atoms in total. The molecule has 84 valence electrons. The molecule has 0 amide bonds. The van der Waals surface area contributed by atoms with Crippen LogP contribution in [0.1, 0.15) is 54.5 Å². The van der Waals surface area contributed by atoms with E-state index in [1.54, 1.807) is 0 Å². The van der Waals surface area contributed by atoms with E-state index in [9.17, 15) is 5.11 Å². The van der Waals surface area contributed by atoms with Gasteiger partial charge in [-0.1, -0.05) is 13.8 Å². The molecule has 0 fully saturated rings. The summed E-state index contributed by atoms with van der Waals surface area (Å²) in [5.74, 6) is 0.569. The van der Waals surface area contributed by atoms with Gasteiger partial charge in [0.1, 0.15) is 0 Å². The van der Waals surface area contributed by atoms with Crippen molar-refractivity contribution in [2.24, 2.45) is 5.92 Å². The summed E-state index contributed by atoms with van der Waals surface area (Å²) in [6, 6.07) is 2.24. The maximum Gasteiger partial charge on any atom is 0.0884 e. The second kappa shape index (κ2) is 4.67. The molecule has 0 saturated carbocycles. The molecule has 0 aliphatic heterocycles. The molecule has 2 heteroatoms. The minimum absolute atomic E-state index is 0.236. The average molecular weight is 224 g/mol. The molecule has 0 aromatic carbocycles. The molecule has 1 aromatic rings. The highest BCUT2D eigenvalue weighted by molar-refractivity contribution is 7.12. The van der Waals surface area contributed by atoms with Gasteiger partial charge in [0, 0.05) is 9.75 Å². The fourth-order valence-corrected chi connectivity index (χ4v) is 3.50. The van der Waals surface area contributed by atoms with E-state index in [-0.39, 0.29) is 6.10 Å². The summed E-state index contributed by atoms with van der Waals surface area (Å²) in [4.78, 5) is 2.72. The molecule has 0 spiro atoms. The predicted octanol–water partition coefficient (Wildman–Crippen LogP) is 3.71. The van der Waals surface area contributed by atoms with Gasteiger partial charge >= 0.3 is 0 Å². The van der Waals surface area contributed by atoms with E-state index in [1.807, 2.05) is 11.3 Å². The van der Waals surface area contributed by atoms with Crippen molar-refractivity contribution in [3.8, 4) is 0 Å². The highest BCUT2D eigenvalue weighted by atomic mass is 32.1. The fraction of sp³-hybridized carbons (Fsp3) is 0.692. The molecule has 1 heterocycles. The second-order valence-corrected chi connectivity index (χ2v) is 6.12. The molecular weight excluding hydrogens is 204 g/mol. The molecule has 1 aliphatic carbocycles. The van der Waals surface area contributed by atoms with Crippen molar-refractivity contribution < 1.29 is 5.11 Å². The lowest BCUT2D eigenvalue weighted by Crippen LogP contribution is -1.99. The van der Waals surface area contributed by atoms with Gasteiger partial charge < -0.3 is 5.11 Å². The van der Waals surface area contributed by atoms with Crippen LogP contribution in [-0.2, 0) is 12.8 Å². The Labute approximate surface area is 96.1 Å². The van der Waals surface area contributed by atoms with E-state index in [0.29, 0.717) is 5.92 Å². The summed E-state index contributed by atoms with van der Waals surface area (Å²) < 4.78 is 0. The highest BCUT2D eigenvalue weighted by Gasteiger charge is 2.18. The lowest BCUT2D eigenvalue weighted by Gasteiger charge is -2.10. The highest BCUT2D eigenvalue weighted by Crippen LogP contribution is 2.34. The van der Waals surface area contributed by atoms with Crippen molar-refractivity contribution in [1.82, 2.24) is 0 Å². The van der Waals surface area contributed by atoms with Crippen molar-refractivity contribution in [2.45, 2.75) is 52.1 Å². The number of rotatable bonds is 3. The number of thiophene rings is 1. The van der Waals surface area contributed by atoms with E-state index in [2.05, 4.69) is 19.9 Å². The lowest BCUT2D eigenvalue weighted by molar-refractivity contribution is 0.154. The van der Waals surface area contributed by atoms with E-state index in [1.165, 1.54) is 41.0 Å². The summed E-state index contributed by atoms with van der Waals surface area (Å²) in [5.41, 5.74) is 1.50. The number of fused-ring (bicyclic) bond motifs is 1. The first kappa shape index (κ1) is 11.2. The van der Waals surface area contributed by atoms with Gasteiger partial charge in [-0.15, -0.1) is 11.3 Å². The van der Waals surface area contributed by atoms with Crippen molar-refractivity contribution in [1.29, 1.82) is 0 Å². The third-order valence-corrected chi connectivity index (χ3v) is 4.38. The van der Waals surface area contributed by atoms with Crippen LogP contribution in [0.25, 0.3) is 0 Å². The van der Waals surface area contributed by atoms with Gasteiger partial charge in [-0.05, 0) is 49.7 Å². The van der Waals surface area contributed by atoms with E-state index in [4.69, 9.17) is 0 Å². The summed E-state index contributed by atoms with van der Waals surface area (Å²) in [6.45, 7) is 4.33. The Morgan fingerprint density at radius 3 is 2.73 bits per heavy atom. The van der Waals surface area contributed by atoms with Gasteiger partial charge in [0.2, 0.25) is 0 Å². The van der Waals surface area contributed by atoms with Crippen LogP contribution in [0.15, 0.2) is 6.07 Å². The Balaban J connectivity index is 2.11. The van der Waals surface area contributed by atoms with Crippen molar-refractivity contribution in [2.75, 3.05) is 0 Å². The Kier molecular flexibility index (Phi) is 3.47. The Bertz CT molecular complexity index is 304. The van der Waals surface area contributed by atoms with Crippen molar-refractivity contribution in [3.63, 3.8) is 0 Å². The molecular formula is C13H20OS. The first-order valence-corrected chi connectivity index (χ1v) is 6.78. The number of aliphatic hydroxyl groups is 1. The molecule has 15 heavy (non-hydrogen) atoms. The molecule has 0 bridgehead atoms. The average Bonchev–Trinajstić information content (AvgIpc) is 2.59. The molecule has 0 saturated heterocycles. The van der Waals surface area contributed by atoms with Crippen LogP contribution in [0.5, 0.6) is 0 Å². The molecule has 1 aromatic heterocycles. The summed E-state index contributed by atoms with van der Waals surface area (Å²) in [6.07, 6.45) is 5.76. The SMILES string of the molecule is CC(C)CC(O)c1cc2c(s1)CCCC2. The van der Waals surface area contributed by atoms with E-state index in [0.717, 1.165) is 6.42 Å². The summed E-state index contributed by atoms with van der Waals surface area (Å²) in [7, 11) is 0. The second-order valence-electron chi connectivity index (χ2n) is 4.95. The van der Waals surface area contributed by atoms with Crippen molar-refractivity contribution >= 4 is 11.3 Å². The van der Waals surface area contributed by atoms with Gasteiger partial charge in [-0.3, -0.25) is 0 Å². The lowest BCUT2D eigenvalue weighted by atomic mass is 9.98. The van der Waals surface area contributed by atoms with Crippen LogP contribution >= 0.6 is 11.3 Å². The minimum atomic E-state index is -0.236. The van der Waals surface area contributed by atoms with Crippen LogP contribution in [0.2, 0.25) is 0 Å². The number of hydrogen-bond donors (Lipinski definition) is 1. The molecule has 1 unspecified atom stereocenters. The number of aryl methyl sites for hydroxylation is 2. The molecule has 1 N–H and O–H groups in total. The van der Waals surface area contributed by atoms with Crippen LogP contribution in [-0.4, -0.2) is 5.11 Å². The maximum absolute atomic E-state index is 10.1. The smallest absolute Gasteiger partial charge is 0.0884 e. The van der Waals surface area contributed by atoms with Gasteiger partial charge in [0.25, 0.3) is 0 Å². The first-order valence-electron chi connectivity index (χ1n) is 5.96. The van der Waals surface area contributed by atoms with Crippen LogP contribution in [0, 0.1) is 5.92 Å². The zero-order chi connectivity index (χ0) is 10.8. The molecule has 1 aliphatic rings. The standard InChI is InChI=1S/C13H20OS/c1-9(2)7-11(14)13-8-10-5-3-4-6-12(10)15-13/h8-9,11,14H,3-7H2,1-2H3. The molecule has 1 atom stereocenters. The molecule has 0 radical (unpaired) electrons. The maximum atomic E-state index is 10.1. The Morgan fingerprint density at radius 1 is 1.33 bits per heavy atom. The zero-order valence-corrected chi connectivity index (χ0v) is 10.4. The van der Waals surface area contributed by atoms with Crippen LogP contribution in [0.3, 0.4) is 0 Å². The normalized spacial score (nSPS) is 17.9. The first-order chi connectivity index (χ1) is 7.16. The quantitative estimate of drug-likeness (QED) is 0.830. The fourth-order valence-electron chi connectivity index (χ4n) is 2.24. The minimum Gasteiger partial charge on any atom is -0.388 e. The van der Waals surface area contributed by atoms with Gasteiger partial charge in [0.15, 0.2) is 0 Å². The third-order valence-electron chi connectivity index (χ3n) is 3.04. The largest absolute Gasteiger partial charge is 0.388 e. The van der Waals surface area contributed by atoms with E-state index >= 15 is 0 Å². The monoisotopic (exact) mass is 224 g/mol. The van der Waals surface area contributed by atoms with Crippen LogP contribution < -0.4 is 0 Å². The molecule has 2 rings (SSSR count). The Morgan fingerprint density at radius 2 is 2.07 bits per heavy atom. The topological polar surface area (TPSA) is 20.2 Å². The zero-order valence-electron chi connectivity index (χ0n) is 9.62. The van der Waals surface area contributed by atoms with Crippen molar-refractivity contribution in [3.05, 3.63) is 21.4 Å². The van der Waals surface area contributed by atoms with Gasteiger partial charge in [-0.2, -0.15) is 0 Å². The third kappa shape index (κ3) is 2.61. The van der Waals surface area contributed by atoms with Crippen LogP contribution in [0.4, 0.5) is 0 Å². The number of aliphatic hydroxyl groups excluding tert-OH is 1. The predicted molar refractivity (Wildman–Crippen MR) is 65.4 cm³/mol. The van der Waals surface area contributed by atoms with Gasteiger partial charge in [-0.25, -0.2) is 0 Å². The summed E-state index contributed by atoms with van der Waals surface area (Å²) in [5, 5.41) is 10.1. The number of hydrogen-bond acceptors (Lipinski definition) is 2. The Hall–Kier alpha value is -0.340. The van der Waals surface area contributed by atoms with E-state index < -0.39 is 0 Å². The van der Waals surface area contributed by atoms with Gasteiger partial charge in [0.05, 0.1) is 6.10 Å².